The van der Waals surface area contributed by atoms with Crippen LogP contribution in [0.5, 0.6) is 11.5 Å². The van der Waals surface area contributed by atoms with Gasteiger partial charge < -0.3 is 19.7 Å². The van der Waals surface area contributed by atoms with Crippen LogP contribution in [0, 0.1) is 5.92 Å². The molecule has 3 heterocycles. The van der Waals surface area contributed by atoms with Crippen LogP contribution in [0.1, 0.15) is 23.3 Å². The van der Waals surface area contributed by atoms with Crippen molar-refractivity contribution in [1.29, 1.82) is 0 Å². The summed E-state index contributed by atoms with van der Waals surface area (Å²) in [4.78, 5) is 31.8. The van der Waals surface area contributed by atoms with Crippen LogP contribution in [0.25, 0.3) is 11.3 Å². The van der Waals surface area contributed by atoms with E-state index in [2.05, 4.69) is 20.5 Å². The number of benzene rings is 1. The Morgan fingerprint density at radius 2 is 2.03 bits per heavy atom. The number of H-pyrrole nitrogens is 1. The van der Waals surface area contributed by atoms with E-state index in [9.17, 15) is 9.59 Å². The van der Waals surface area contributed by atoms with Gasteiger partial charge in [-0.2, -0.15) is 5.10 Å². The predicted octanol–water partition coefficient (Wildman–Crippen LogP) is 3.63. The maximum absolute atomic E-state index is 13.0. The second-order valence-corrected chi connectivity index (χ2v) is 8.08. The molecule has 0 spiro atoms. The molecule has 33 heavy (non-hydrogen) atoms. The molecule has 1 aromatic carbocycles. The lowest BCUT2D eigenvalue weighted by Gasteiger charge is -2.31. The zero-order chi connectivity index (χ0) is 23.4. The zero-order valence-corrected chi connectivity index (χ0v) is 19.1. The average molecular weight is 470 g/mol. The lowest BCUT2D eigenvalue weighted by Crippen LogP contribution is -2.43. The predicted molar refractivity (Wildman–Crippen MR) is 124 cm³/mol. The van der Waals surface area contributed by atoms with Gasteiger partial charge in [0, 0.05) is 37.1 Å². The number of aromatic amines is 1. The summed E-state index contributed by atoms with van der Waals surface area (Å²) in [6.45, 7) is 0.875. The molecule has 2 amide bonds. The van der Waals surface area contributed by atoms with E-state index in [0.29, 0.717) is 59.5 Å². The highest BCUT2D eigenvalue weighted by molar-refractivity contribution is 6.32. The number of aromatic nitrogens is 3. The van der Waals surface area contributed by atoms with Gasteiger partial charge in [0.05, 0.1) is 36.5 Å². The smallest absolute Gasteiger partial charge is 0.271 e. The number of piperidine rings is 1. The number of rotatable bonds is 6. The largest absolute Gasteiger partial charge is 0.495 e. The highest BCUT2D eigenvalue weighted by atomic mass is 35.5. The Balaban J connectivity index is 1.44. The number of ether oxygens (including phenoxy) is 2. The monoisotopic (exact) mass is 469 g/mol. The molecule has 172 valence electrons. The third-order valence-corrected chi connectivity index (χ3v) is 5.87. The van der Waals surface area contributed by atoms with Crippen molar-refractivity contribution < 1.29 is 19.1 Å². The summed E-state index contributed by atoms with van der Waals surface area (Å²) in [6, 6.07) is 8.59. The number of halogens is 1. The molecule has 9 nitrogen and oxygen atoms in total. The number of likely N-dealkylation sites (tertiary alicyclic amines) is 1. The Kier molecular flexibility index (Phi) is 6.79. The van der Waals surface area contributed by atoms with Gasteiger partial charge in [-0.1, -0.05) is 11.6 Å². The van der Waals surface area contributed by atoms with Gasteiger partial charge >= 0.3 is 0 Å². The summed E-state index contributed by atoms with van der Waals surface area (Å²) in [5.41, 5.74) is 2.28. The maximum Gasteiger partial charge on any atom is 0.271 e. The molecule has 0 saturated carbocycles. The molecule has 0 radical (unpaired) electrons. The molecule has 0 bridgehead atoms. The first-order valence-electron chi connectivity index (χ1n) is 10.5. The van der Waals surface area contributed by atoms with Gasteiger partial charge in [-0.15, -0.1) is 0 Å². The summed E-state index contributed by atoms with van der Waals surface area (Å²) in [6.07, 6.45) is 4.75. The summed E-state index contributed by atoms with van der Waals surface area (Å²) >= 11 is 6.21. The van der Waals surface area contributed by atoms with Gasteiger partial charge in [-0.3, -0.25) is 19.7 Å². The van der Waals surface area contributed by atoms with Gasteiger partial charge in [-0.25, -0.2) is 0 Å². The van der Waals surface area contributed by atoms with Gasteiger partial charge in [-0.05, 0) is 37.1 Å². The maximum atomic E-state index is 13.0. The summed E-state index contributed by atoms with van der Waals surface area (Å²) in [7, 11) is 3.01. The van der Waals surface area contributed by atoms with Crippen LogP contribution in [0.3, 0.4) is 0 Å². The molecule has 1 aliphatic rings. The Hall–Kier alpha value is -3.59. The fourth-order valence-electron chi connectivity index (χ4n) is 3.83. The number of nitrogens with zero attached hydrogens (tertiary/aromatic N) is 3. The van der Waals surface area contributed by atoms with E-state index in [1.54, 1.807) is 35.5 Å². The van der Waals surface area contributed by atoms with Crippen molar-refractivity contribution in [3.05, 3.63) is 53.4 Å². The normalized spacial score (nSPS) is 15.7. The number of amides is 2. The van der Waals surface area contributed by atoms with Crippen molar-refractivity contribution in [3.8, 4) is 22.8 Å². The Morgan fingerprint density at radius 1 is 1.21 bits per heavy atom. The Bertz CT molecular complexity index is 1150. The van der Waals surface area contributed by atoms with Gasteiger partial charge in [0.2, 0.25) is 5.91 Å². The number of anilines is 1. The zero-order valence-electron chi connectivity index (χ0n) is 18.3. The van der Waals surface area contributed by atoms with Crippen molar-refractivity contribution >= 4 is 29.1 Å². The molecular formula is C23H24ClN5O4. The number of carbonyl (C=O) groups excluding carboxylic acids is 2. The van der Waals surface area contributed by atoms with Crippen LogP contribution in [-0.2, 0) is 4.79 Å². The van der Waals surface area contributed by atoms with Crippen molar-refractivity contribution in [2.75, 3.05) is 32.6 Å². The number of methoxy groups -OCH3 is 2. The fourth-order valence-corrected chi connectivity index (χ4v) is 4.07. The molecule has 3 aromatic rings. The second-order valence-electron chi connectivity index (χ2n) is 7.68. The van der Waals surface area contributed by atoms with E-state index in [0.717, 1.165) is 5.56 Å². The number of hydrogen-bond donors (Lipinski definition) is 2. The van der Waals surface area contributed by atoms with E-state index in [1.807, 2.05) is 12.1 Å². The molecule has 2 aromatic heterocycles. The second kappa shape index (κ2) is 9.91. The molecule has 1 fully saturated rings. The quantitative estimate of drug-likeness (QED) is 0.570. The molecular weight excluding hydrogens is 446 g/mol. The molecule has 0 unspecified atom stereocenters. The van der Waals surface area contributed by atoms with Gasteiger partial charge in [0.15, 0.2) is 0 Å². The van der Waals surface area contributed by atoms with Crippen LogP contribution >= 0.6 is 11.6 Å². The third kappa shape index (κ3) is 4.93. The molecule has 2 N–H and O–H groups in total. The first kappa shape index (κ1) is 22.6. The van der Waals surface area contributed by atoms with Gasteiger partial charge in [0.25, 0.3) is 5.91 Å². The molecule has 1 atom stereocenters. The summed E-state index contributed by atoms with van der Waals surface area (Å²) in [5, 5.41) is 10.3. The van der Waals surface area contributed by atoms with Crippen molar-refractivity contribution in [3.63, 3.8) is 0 Å². The minimum atomic E-state index is -0.367. The van der Waals surface area contributed by atoms with Crippen LogP contribution in [0.2, 0.25) is 5.02 Å². The lowest BCUT2D eigenvalue weighted by atomic mass is 9.96. The number of hydrogen-bond acceptors (Lipinski definition) is 6. The van der Waals surface area contributed by atoms with Crippen LogP contribution in [-0.4, -0.2) is 59.2 Å². The van der Waals surface area contributed by atoms with E-state index in [-0.39, 0.29) is 17.7 Å². The minimum absolute atomic E-state index is 0.194. The number of nitrogens with one attached hydrogen (secondary N) is 2. The number of pyridine rings is 1. The third-order valence-electron chi connectivity index (χ3n) is 5.58. The van der Waals surface area contributed by atoms with Crippen molar-refractivity contribution in [1.82, 2.24) is 20.1 Å². The van der Waals surface area contributed by atoms with Crippen LogP contribution < -0.4 is 14.8 Å². The van der Waals surface area contributed by atoms with Crippen molar-refractivity contribution in [2.24, 2.45) is 5.92 Å². The van der Waals surface area contributed by atoms with Crippen molar-refractivity contribution in [2.45, 2.75) is 12.8 Å². The highest BCUT2D eigenvalue weighted by Crippen LogP contribution is 2.36. The highest BCUT2D eigenvalue weighted by Gasteiger charge is 2.30. The van der Waals surface area contributed by atoms with E-state index >= 15 is 0 Å². The Morgan fingerprint density at radius 3 is 2.76 bits per heavy atom. The molecule has 1 saturated heterocycles. The Labute approximate surface area is 196 Å². The first-order valence-corrected chi connectivity index (χ1v) is 10.9. The fraction of sp³-hybridized carbons (Fsp3) is 0.304. The standard InChI is InChI=1S/C23H24ClN5O4/c1-32-20-11-21(33-2)18(9-16(20)24)26-22(30)15-6-4-8-29(13-15)23(31)19-10-17(27-28-19)14-5-3-7-25-12-14/h3,5,7,9-12,15H,4,6,8,13H2,1-2H3,(H,26,30)(H,27,28)/t15-/m1/s1. The van der Waals surface area contributed by atoms with Crippen LogP contribution in [0.4, 0.5) is 5.69 Å². The summed E-state index contributed by atoms with van der Waals surface area (Å²) < 4.78 is 10.5. The number of carbonyl (C=O) groups is 2. The summed E-state index contributed by atoms with van der Waals surface area (Å²) in [5.74, 6) is 0.127. The lowest BCUT2D eigenvalue weighted by molar-refractivity contribution is -0.121. The molecule has 4 rings (SSSR count). The topological polar surface area (TPSA) is 109 Å². The van der Waals surface area contributed by atoms with E-state index in [1.165, 1.54) is 14.2 Å². The molecule has 1 aliphatic heterocycles. The van der Waals surface area contributed by atoms with Gasteiger partial charge in [0.1, 0.15) is 17.2 Å². The van der Waals surface area contributed by atoms with E-state index in [4.69, 9.17) is 21.1 Å². The SMILES string of the molecule is COc1cc(OC)c(NC(=O)[C@@H]2CCCN(C(=O)c3cc(-c4cccnc4)n[nH]3)C2)cc1Cl. The minimum Gasteiger partial charge on any atom is -0.495 e. The van der Waals surface area contributed by atoms with Crippen LogP contribution in [0.15, 0.2) is 42.7 Å². The average Bonchev–Trinajstić information content (AvgIpc) is 3.35. The molecule has 10 heteroatoms. The molecule has 0 aliphatic carbocycles. The first-order chi connectivity index (χ1) is 16.0. The van der Waals surface area contributed by atoms with E-state index < -0.39 is 0 Å².